The number of hydrogen-bond acceptors (Lipinski definition) is 5. The summed E-state index contributed by atoms with van der Waals surface area (Å²) in [5.41, 5.74) is 0.514. The highest BCUT2D eigenvalue weighted by atomic mass is 32.2. The lowest BCUT2D eigenvalue weighted by atomic mass is 10.1. The molecule has 2 aromatic rings. The van der Waals surface area contributed by atoms with Crippen molar-refractivity contribution in [1.82, 2.24) is 5.32 Å². The molecule has 0 unspecified atom stereocenters. The van der Waals surface area contributed by atoms with Gasteiger partial charge in [-0.3, -0.25) is 9.52 Å². The van der Waals surface area contributed by atoms with Crippen LogP contribution in [0.1, 0.15) is 22.8 Å². The fourth-order valence-corrected chi connectivity index (χ4v) is 3.60. The SMILES string of the molecule is CCNC(=O)COc1cccc(NS(=O)(=O)c2cc(C(=O)O)ccc2C)c1. The Kier molecular flexibility index (Phi) is 6.40. The van der Waals surface area contributed by atoms with Crippen LogP contribution in [0.4, 0.5) is 5.69 Å². The molecule has 0 aliphatic heterocycles. The number of carbonyl (C=O) groups excluding carboxylic acids is 1. The van der Waals surface area contributed by atoms with E-state index in [1.54, 1.807) is 26.0 Å². The quantitative estimate of drug-likeness (QED) is 0.632. The first kappa shape index (κ1) is 20.2. The van der Waals surface area contributed by atoms with Crippen LogP contribution in [-0.2, 0) is 14.8 Å². The maximum atomic E-state index is 12.7. The summed E-state index contributed by atoms with van der Waals surface area (Å²) in [6, 6.07) is 10.0. The maximum absolute atomic E-state index is 12.7. The van der Waals surface area contributed by atoms with E-state index >= 15 is 0 Å². The number of aryl methyl sites for hydroxylation is 1. The molecule has 0 atom stereocenters. The van der Waals surface area contributed by atoms with Crippen LogP contribution < -0.4 is 14.8 Å². The number of rotatable bonds is 8. The molecular weight excluding hydrogens is 372 g/mol. The molecule has 27 heavy (non-hydrogen) atoms. The molecule has 0 saturated heterocycles. The molecule has 0 fully saturated rings. The molecule has 0 spiro atoms. The predicted octanol–water partition coefficient (Wildman–Crippen LogP) is 2.01. The molecule has 0 bridgehead atoms. The number of nitrogens with one attached hydrogen (secondary N) is 2. The number of amides is 1. The van der Waals surface area contributed by atoms with E-state index in [1.165, 1.54) is 24.3 Å². The normalized spacial score (nSPS) is 10.9. The highest BCUT2D eigenvalue weighted by molar-refractivity contribution is 7.92. The summed E-state index contributed by atoms with van der Waals surface area (Å²) in [6.45, 7) is 3.65. The van der Waals surface area contributed by atoms with E-state index in [0.29, 0.717) is 17.9 Å². The van der Waals surface area contributed by atoms with Crippen molar-refractivity contribution in [2.45, 2.75) is 18.7 Å². The molecule has 144 valence electrons. The zero-order chi connectivity index (χ0) is 20.0. The number of ether oxygens (including phenoxy) is 1. The van der Waals surface area contributed by atoms with Crippen LogP contribution >= 0.6 is 0 Å². The van der Waals surface area contributed by atoms with Crippen LogP contribution in [0.3, 0.4) is 0 Å². The van der Waals surface area contributed by atoms with Crippen LogP contribution in [0, 0.1) is 6.92 Å². The van der Waals surface area contributed by atoms with Crippen molar-refractivity contribution < 1.29 is 27.9 Å². The Morgan fingerprint density at radius 1 is 1.15 bits per heavy atom. The summed E-state index contributed by atoms with van der Waals surface area (Å²) in [4.78, 5) is 22.4. The number of carboxylic acid groups (broad SMARTS) is 1. The minimum absolute atomic E-state index is 0.125. The Labute approximate surface area is 157 Å². The van der Waals surface area contributed by atoms with Crippen molar-refractivity contribution in [2.75, 3.05) is 17.9 Å². The van der Waals surface area contributed by atoms with Gasteiger partial charge < -0.3 is 15.2 Å². The van der Waals surface area contributed by atoms with Crippen LogP contribution in [0.15, 0.2) is 47.4 Å². The summed E-state index contributed by atoms with van der Waals surface area (Å²) in [6.07, 6.45) is 0. The first-order chi connectivity index (χ1) is 12.7. The molecule has 0 aliphatic rings. The number of hydrogen-bond donors (Lipinski definition) is 3. The third-order valence-electron chi connectivity index (χ3n) is 3.55. The van der Waals surface area contributed by atoms with E-state index in [-0.39, 0.29) is 28.7 Å². The number of likely N-dealkylation sites (N-methyl/N-ethyl adjacent to an activating group) is 1. The van der Waals surface area contributed by atoms with Crippen LogP contribution in [-0.4, -0.2) is 38.6 Å². The minimum atomic E-state index is -4.00. The van der Waals surface area contributed by atoms with Gasteiger partial charge in [0.05, 0.1) is 16.1 Å². The number of anilines is 1. The highest BCUT2D eigenvalue weighted by Crippen LogP contribution is 2.23. The molecule has 0 aliphatic carbocycles. The Balaban J connectivity index is 2.21. The van der Waals surface area contributed by atoms with Crippen molar-refractivity contribution in [2.24, 2.45) is 0 Å². The van der Waals surface area contributed by atoms with Gasteiger partial charge in [0.2, 0.25) is 0 Å². The second-order valence-electron chi connectivity index (χ2n) is 5.66. The van der Waals surface area contributed by atoms with Gasteiger partial charge in [0.25, 0.3) is 15.9 Å². The van der Waals surface area contributed by atoms with Gasteiger partial charge in [-0.25, -0.2) is 13.2 Å². The number of carbonyl (C=O) groups is 2. The summed E-state index contributed by atoms with van der Waals surface area (Å²) >= 11 is 0. The molecule has 3 N–H and O–H groups in total. The first-order valence-corrected chi connectivity index (χ1v) is 9.57. The Bertz CT molecular complexity index is 956. The van der Waals surface area contributed by atoms with Gasteiger partial charge in [0, 0.05) is 12.6 Å². The Morgan fingerprint density at radius 2 is 1.89 bits per heavy atom. The van der Waals surface area contributed by atoms with E-state index in [2.05, 4.69) is 10.0 Å². The Morgan fingerprint density at radius 3 is 2.56 bits per heavy atom. The molecule has 1 amide bonds. The summed E-state index contributed by atoms with van der Waals surface area (Å²) in [7, 11) is -4.00. The maximum Gasteiger partial charge on any atom is 0.335 e. The van der Waals surface area contributed by atoms with Gasteiger partial charge >= 0.3 is 5.97 Å². The molecule has 0 saturated carbocycles. The molecule has 0 aromatic heterocycles. The van der Waals surface area contributed by atoms with Gasteiger partial charge in [-0.05, 0) is 43.7 Å². The lowest BCUT2D eigenvalue weighted by Gasteiger charge is -2.12. The van der Waals surface area contributed by atoms with Gasteiger partial charge in [0.15, 0.2) is 6.61 Å². The molecule has 2 aromatic carbocycles. The monoisotopic (exact) mass is 392 g/mol. The second-order valence-corrected chi connectivity index (χ2v) is 7.31. The fraction of sp³-hybridized carbons (Fsp3) is 0.222. The van der Waals surface area contributed by atoms with Crippen molar-refractivity contribution in [3.8, 4) is 5.75 Å². The molecule has 0 radical (unpaired) electrons. The number of benzene rings is 2. The van der Waals surface area contributed by atoms with Crippen molar-refractivity contribution in [1.29, 1.82) is 0 Å². The van der Waals surface area contributed by atoms with Crippen LogP contribution in [0.2, 0.25) is 0 Å². The summed E-state index contributed by atoms with van der Waals surface area (Å²) < 4.78 is 33.0. The average Bonchev–Trinajstić information content (AvgIpc) is 2.60. The average molecular weight is 392 g/mol. The van der Waals surface area contributed by atoms with Gasteiger partial charge in [-0.15, -0.1) is 0 Å². The van der Waals surface area contributed by atoms with Crippen molar-refractivity contribution in [3.63, 3.8) is 0 Å². The van der Waals surface area contributed by atoms with Gasteiger partial charge in [-0.1, -0.05) is 12.1 Å². The molecule has 2 rings (SSSR count). The first-order valence-electron chi connectivity index (χ1n) is 8.09. The lowest BCUT2D eigenvalue weighted by Crippen LogP contribution is -2.28. The van der Waals surface area contributed by atoms with E-state index in [9.17, 15) is 18.0 Å². The number of aromatic carboxylic acids is 1. The van der Waals surface area contributed by atoms with Gasteiger partial charge in [0.1, 0.15) is 5.75 Å². The van der Waals surface area contributed by atoms with E-state index in [1.807, 2.05) is 0 Å². The second kappa shape index (κ2) is 8.54. The topological polar surface area (TPSA) is 122 Å². The molecule has 9 heteroatoms. The molecular formula is C18H20N2O6S. The van der Waals surface area contributed by atoms with E-state index < -0.39 is 16.0 Å². The van der Waals surface area contributed by atoms with Crippen LogP contribution in [0.25, 0.3) is 0 Å². The number of carboxylic acids is 1. The fourth-order valence-electron chi connectivity index (χ4n) is 2.28. The third-order valence-corrected chi connectivity index (χ3v) is 5.08. The summed E-state index contributed by atoms with van der Waals surface area (Å²) in [5, 5.41) is 11.7. The third kappa shape index (κ3) is 5.45. The number of sulfonamides is 1. The smallest absolute Gasteiger partial charge is 0.335 e. The van der Waals surface area contributed by atoms with E-state index in [4.69, 9.17) is 9.84 Å². The van der Waals surface area contributed by atoms with Crippen molar-refractivity contribution in [3.05, 3.63) is 53.6 Å². The minimum Gasteiger partial charge on any atom is -0.484 e. The zero-order valence-electron chi connectivity index (χ0n) is 14.9. The van der Waals surface area contributed by atoms with E-state index in [0.717, 1.165) is 6.07 Å². The lowest BCUT2D eigenvalue weighted by molar-refractivity contribution is -0.122. The summed E-state index contributed by atoms with van der Waals surface area (Å²) in [5.74, 6) is -1.19. The molecule has 8 nitrogen and oxygen atoms in total. The zero-order valence-corrected chi connectivity index (χ0v) is 15.7. The van der Waals surface area contributed by atoms with Crippen molar-refractivity contribution >= 4 is 27.6 Å². The van der Waals surface area contributed by atoms with Crippen LogP contribution in [0.5, 0.6) is 5.75 Å². The highest BCUT2D eigenvalue weighted by Gasteiger charge is 2.19. The Hall–Kier alpha value is -3.07. The standard InChI is InChI=1S/C18H20N2O6S/c1-3-19-17(21)11-26-15-6-4-5-14(10-15)20-27(24,25)16-9-13(18(22)23)8-7-12(16)2/h4-10,20H,3,11H2,1-2H3,(H,19,21)(H,22,23). The predicted molar refractivity (Wildman–Crippen MR) is 99.6 cm³/mol. The largest absolute Gasteiger partial charge is 0.484 e. The van der Waals surface area contributed by atoms with Gasteiger partial charge in [-0.2, -0.15) is 0 Å². The molecule has 0 heterocycles.